The summed E-state index contributed by atoms with van der Waals surface area (Å²) >= 11 is 0. The van der Waals surface area contributed by atoms with Crippen LogP contribution in [0.5, 0.6) is 0 Å². The molecule has 3 nitrogen and oxygen atoms in total. The number of hydrogen-bond donors (Lipinski definition) is 1. The molecule has 0 unspecified atom stereocenters. The molecule has 1 aliphatic carbocycles. The van der Waals surface area contributed by atoms with E-state index in [9.17, 15) is 0 Å². The van der Waals surface area contributed by atoms with E-state index in [-0.39, 0.29) is 0 Å². The number of rotatable bonds is 3. The first-order chi connectivity index (χ1) is 6.77. The van der Waals surface area contributed by atoms with Crippen LogP contribution >= 0.6 is 0 Å². The van der Waals surface area contributed by atoms with Crippen molar-refractivity contribution in [3.8, 4) is 0 Å². The average molecular weight is 189 g/mol. The molecule has 0 atom stereocenters. The van der Waals surface area contributed by atoms with E-state index in [1.807, 2.05) is 6.92 Å². The Morgan fingerprint density at radius 1 is 1.50 bits per heavy atom. The maximum atomic E-state index is 4.27. The van der Waals surface area contributed by atoms with Crippen LogP contribution in [0.15, 0.2) is 18.5 Å². The number of fused-ring (bicyclic) bond motifs is 1. The highest BCUT2D eigenvalue weighted by Crippen LogP contribution is 2.24. The van der Waals surface area contributed by atoms with Gasteiger partial charge in [0.2, 0.25) is 0 Å². The van der Waals surface area contributed by atoms with E-state index in [1.165, 1.54) is 17.7 Å². The molecule has 0 fully saturated rings. The van der Waals surface area contributed by atoms with Crippen molar-refractivity contribution >= 4 is 5.82 Å². The van der Waals surface area contributed by atoms with Crippen molar-refractivity contribution in [2.45, 2.75) is 26.2 Å². The third-order valence-corrected chi connectivity index (χ3v) is 2.43. The highest BCUT2D eigenvalue weighted by atomic mass is 15.0. The molecule has 1 heterocycles. The number of aromatic nitrogens is 2. The second kappa shape index (κ2) is 3.78. The molecule has 0 amide bonds. The van der Waals surface area contributed by atoms with Gasteiger partial charge in [-0.15, -0.1) is 0 Å². The summed E-state index contributed by atoms with van der Waals surface area (Å²) < 4.78 is 0. The lowest BCUT2D eigenvalue weighted by atomic mass is 10.2. The highest BCUT2D eigenvalue weighted by Gasteiger charge is 2.16. The predicted molar refractivity (Wildman–Crippen MR) is 57.4 cm³/mol. The molecule has 0 radical (unpaired) electrons. The third-order valence-electron chi connectivity index (χ3n) is 2.43. The minimum Gasteiger partial charge on any atom is -0.366 e. The van der Waals surface area contributed by atoms with Crippen molar-refractivity contribution in [2.75, 3.05) is 11.9 Å². The van der Waals surface area contributed by atoms with Crippen LogP contribution < -0.4 is 5.32 Å². The Balaban J connectivity index is 2.17. The summed E-state index contributed by atoms with van der Waals surface area (Å²) in [5.41, 5.74) is 3.63. The molecule has 3 heteroatoms. The Hall–Kier alpha value is -1.38. The van der Waals surface area contributed by atoms with Crippen LogP contribution in [0.3, 0.4) is 0 Å². The van der Waals surface area contributed by atoms with Crippen LogP contribution in [0.1, 0.15) is 24.6 Å². The first kappa shape index (κ1) is 9.19. The molecule has 1 aromatic heterocycles. The fraction of sp³-hybridized carbons (Fsp3) is 0.455. The van der Waals surface area contributed by atoms with Crippen molar-refractivity contribution in [2.24, 2.45) is 0 Å². The Bertz CT molecular complexity index is 358. The lowest BCUT2D eigenvalue weighted by molar-refractivity contribution is 0.899. The summed E-state index contributed by atoms with van der Waals surface area (Å²) in [6, 6.07) is 0. The van der Waals surface area contributed by atoms with Gasteiger partial charge in [-0.1, -0.05) is 12.2 Å². The molecule has 1 aliphatic rings. The highest BCUT2D eigenvalue weighted by molar-refractivity contribution is 5.48. The quantitative estimate of drug-likeness (QED) is 0.738. The maximum Gasteiger partial charge on any atom is 0.133 e. The van der Waals surface area contributed by atoms with E-state index in [0.717, 1.165) is 30.8 Å². The third kappa shape index (κ3) is 1.76. The second-order valence-electron chi connectivity index (χ2n) is 3.81. The number of hydrogen-bond acceptors (Lipinski definition) is 3. The minimum absolute atomic E-state index is 0.795. The van der Waals surface area contributed by atoms with Crippen LogP contribution in [0, 0.1) is 0 Å². The van der Waals surface area contributed by atoms with E-state index in [4.69, 9.17) is 0 Å². The lowest BCUT2D eigenvalue weighted by Gasteiger charge is -2.08. The zero-order valence-corrected chi connectivity index (χ0v) is 8.51. The van der Waals surface area contributed by atoms with Crippen LogP contribution in [-0.4, -0.2) is 16.5 Å². The van der Waals surface area contributed by atoms with E-state index >= 15 is 0 Å². The van der Waals surface area contributed by atoms with Crippen molar-refractivity contribution in [3.05, 3.63) is 29.7 Å². The van der Waals surface area contributed by atoms with Gasteiger partial charge in [0, 0.05) is 17.8 Å². The molecule has 0 saturated carbocycles. The zero-order chi connectivity index (χ0) is 9.97. The number of nitrogens with one attached hydrogen (secondary N) is 1. The Morgan fingerprint density at radius 3 is 3.14 bits per heavy atom. The monoisotopic (exact) mass is 189 g/mol. The molecule has 0 saturated heterocycles. The van der Waals surface area contributed by atoms with Gasteiger partial charge >= 0.3 is 0 Å². The number of anilines is 1. The predicted octanol–water partition coefficient (Wildman–Crippen LogP) is 1.95. The fourth-order valence-electron chi connectivity index (χ4n) is 1.75. The smallest absolute Gasteiger partial charge is 0.133 e. The van der Waals surface area contributed by atoms with E-state index in [1.54, 1.807) is 6.33 Å². The summed E-state index contributed by atoms with van der Waals surface area (Å²) in [4.78, 5) is 8.53. The average Bonchev–Trinajstić information content (AvgIpc) is 2.62. The normalized spacial score (nSPS) is 13.8. The Labute approximate surface area is 84.3 Å². The summed E-state index contributed by atoms with van der Waals surface area (Å²) in [6.07, 6.45) is 5.05. The second-order valence-corrected chi connectivity index (χ2v) is 3.81. The first-order valence-electron chi connectivity index (χ1n) is 4.98. The van der Waals surface area contributed by atoms with Crippen molar-refractivity contribution < 1.29 is 0 Å². The standard InChI is InChI=1S/C11H15N3/c1-8(2)6-12-11-9-4-3-5-10(9)13-7-14-11/h7H,1,3-6H2,2H3,(H,12,13,14). The fourth-order valence-corrected chi connectivity index (χ4v) is 1.75. The molecule has 14 heavy (non-hydrogen) atoms. The topological polar surface area (TPSA) is 37.8 Å². The van der Waals surface area contributed by atoms with E-state index < -0.39 is 0 Å². The number of nitrogens with zero attached hydrogens (tertiary/aromatic N) is 2. The lowest BCUT2D eigenvalue weighted by Crippen LogP contribution is -2.07. The molecule has 0 spiro atoms. The van der Waals surface area contributed by atoms with Crippen molar-refractivity contribution in [3.63, 3.8) is 0 Å². The van der Waals surface area contributed by atoms with Crippen LogP contribution in [0.4, 0.5) is 5.82 Å². The van der Waals surface area contributed by atoms with Gasteiger partial charge < -0.3 is 5.32 Å². The van der Waals surface area contributed by atoms with Crippen LogP contribution in [0.25, 0.3) is 0 Å². The van der Waals surface area contributed by atoms with Gasteiger partial charge in [-0.25, -0.2) is 9.97 Å². The Morgan fingerprint density at radius 2 is 2.36 bits per heavy atom. The van der Waals surface area contributed by atoms with Crippen molar-refractivity contribution in [1.82, 2.24) is 9.97 Å². The van der Waals surface area contributed by atoms with Crippen molar-refractivity contribution in [1.29, 1.82) is 0 Å². The van der Waals surface area contributed by atoms with Gasteiger partial charge in [0.1, 0.15) is 12.1 Å². The number of aryl methyl sites for hydroxylation is 1. The first-order valence-corrected chi connectivity index (χ1v) is 4.98. The molecule has 0 aromatic carbocycles. The molecule has 1 N–H and O–H groups in total. The Kier molecular flexibility index (Phi) is 2.48. The van der Waals surface area contributed by atoms with E-state index in [0.29, 0.717) is 0 Å². The zero-order valence-electron chi connectivity index (χ0n) is 8.51. The molecular weight excluding hydrogens is 174 g/mol. The summed E-state index contributed by atoms with van der Waals surface area (Å²) in [5.74, 6) is 0.996. The summed E-state index contributed by atoms with van der Waals surface area (Å²) in [5, 5.41) is 3.29. The molecule has 1 aromatic rings. The van der Waals surface area contributed by atoms with Crippen LogP contribution in [0.2, 0.25) is 0 Å². The largest absolute Gasteiger partial charge is 0.366 e. The molecule has 0 bridgehead atoms. The van der Waals surface area contributed by atoms with E-state index in [2.05, 4.69) is 21.9 Å². The maximum absolute atomic E-state index is 4.27. The van der Waals surface area contributed by atoms with Gasteiger partial charge in [0.25, 0.3) is 0 Å². The summed E-state index contributed by atoms with van der Waals surface area (Å²) in [6.45, 7) is 6.66. The molecular formula is C11H15N3. The van der Waals surface area contributed by atoms with Crippen LogP contribution in [-0.2, 0) is 12.8 Å². The molecule has 74 valence electrons. The van der Waals surface area contributed by atoms with Gasteiger partial charge in [-0.3, -0.25) is 0 Å². The SMILES string of the molecule is C=C(C)CNc1ncnc2c1CCC2. The molecule has 0 aliphatic heterocycles. The minimum atomic E-state index is 0.795. The molecule has 2 rings (SSSR count). The van der Waals surface area contributed by atoms with Gasteiger partial charge in [0.15, 0.2) is 0 Å². The van der Waals surface area contributed by atoms with Gasteiger partial charge in [-0.2, -0.15) is 0 Å². The summed E-state index contributed by atoms with van der Waals surface area (Å²) in [7, 11) is 0. The van der Waals surface area contributed by atoms with Gasteiger partial charge in [-0.05, 0) is 26.2 Å². The van der Waals surface area contributed by atoms with Gasteiger partial charge in [0.05, 0.1) is 0 Å².